The molecular weight excluding hydrogens is 493 g/mol. The maximum absolute atomic E-state index is 13.3. The number of nitrogens with zero attached hydrogens (tertiary/aromatic N) is 1. The average Bonchev–Trinajstić information content (AvgIpc) is 2.76. The summed E-state index contributed by atoms with van der Waals surface area (Å²) in [6, 6.07) is 8.63. The Bertz CT molecular complexity index is 1380. The number of ketones is 1. The number of hydrogen-bond acceptors (Lipinski definition) is 5. The number of hydrogen-bond donors (Lipinski definition) is 1. The molecule has 0 fully saturated rings. The van der Waals surface area contributed by atoms with Crippen molar-refractivity contribution >= 4 is 27.2 Å². The maximum atomic E-state index is 13.3. The van der Waals surface area contributed by atoms with Gasteiger partial charge in [-0.2, -0.15) is 13.2 Å². The molecule has 3 rings (SSSR count). The van der Waals surface area contributed by atoms with Crippen LogP contribution in [-0.2, 0) is 25.6 Å². The minimum Gasteiger partial charge on any atom is -0.345 e. The van der Waals surface area contributed by atoms with E-state index >= 15 is 0 Å². The highest BCUT2D eigenvalue weighted by Gasteiger charge is 2.36. The number of nitrogens with one attached hydrogen (secondary N) is 1. The fourth-order valence-electron chi connectivity index (χ4n) is 4.24. The van der Waals surface area contributed by atoms with Crippen LogP contribution in [0, 0.1) is 12.8 Å². The first-order chi connectivity index (χ1) is 16.6. The summed E-state index contributed by atoms with van der Waals surface area (Å²) >= 11 is 0. The van der Waals surface area contributed by atoms with E-state index in [1.165, 1.54) is 25.1 Å². The fourth-order valence-corrected chi connectivity index (χ4v) is 5.20. The summed E-state index contributed by atoms with van der Waals surface area (Å²) < 4.78 is 63.5. The highest BCUT2D eigenvalue weighted by molar-refractivity contribution is 7.90. The predicted octanol–water partition coefficient (Wildman–Crippen LogP) is 4.94. The number of carbonyl (C=O) groups is 2. The molecule has 2 aromatic carbocycles. The molecule has 0 bridgehead atoms. The molecule has 0 aliphatic carbocycles. The lowest BCUT2D eigenvalue weighted by Crippen LogP contribution is -2.37. The molecule has 10 heteroatoms. The number of benzene rings is 2. The van der Waals surface area contributed by atoms with E-state index in [4.69, 9.17) is 0 Å². The smallest absolute Gasteiger partial charge is 0.345 e. The van der Waals surface area contributed by atoms with Crippen molar-refractivity contribution in [1.29, 1.82) is 0 Å². The van der Waals surface area contributed by atoms with Gasteiger partial charge in [-0.25, -0.2) is 8.42 Å². The molecule has 1 aliphatic heterocycles. The second-order valence-corrected chi connectivity index (χ2v) is 11.2. The Hall–Kier alpha value is -3.27. The molecule has 2 unspecified atom stereocenters. The summed E-state index contributed by atoms with van der Waals surface area (Å²) in [5, 5.41) is 2.81. The number of rotatable bonds is 6. The van der Waals surface area contributed by atoms with Crippen molar-refractivity contribution in [2.24, 2.45) is 10.9 Å². The van der Waals surface area contributed by atoms with Crippen LogP contribution in [0.25, 0.3) is 0 Å². The van der Waals surface area contributed by atoms with Crippen molar-refractivity contribution in [2.45, 2.75) is 50.7 Å². The number of aryl methyl sites for hydroxylation is 1. The van der Waals surface area contributed by atoms with Gasteiger partial charge in [0, 0.05) is 18.2 Å². The van der Waals surface area contributed by atoms with Crippen molar-refractivity contribution in [3.05, 3.63) is 76.5 Å². The molecule has 2 aromatic rings. The van der Waals surface area contributed by atoms with Crippen molar-refractivity contribution in [1.82, 2.24) is 5.32 Å². The summed E-state index contributed by atoms with van der Waals surface area (Å²) in [7, 11) is -3.42. The second kappa shape index (κ2) is 10.0. The summed E-state index contributed by atoms with van der Waals surface area (Å²) in [6.07, 6.45) is -2.34. The van der Waals surface area contributed by atoms with Crippen LogP contribution < -0.4 is 5.32 Å². The zero-order valence-corrected chi connectivity index (χ0v) is 21.3. The number of Topliss-reactive ketones (excluding diaryl/α,β-unsaturated/α-hetero) is 1. The molecule has 0 spiro atoms. The molecule has 1 heterocycles. The van der Waals surface area contributed by atoms with Gasteiger partial charge in [0.15, 0.2) is 15.6 Å². The third kappa shape index (κ3) is 5.75. The van der Waals surface area contributed by atoms with Crippen LogP contribution in [-0.4, -0.2) is 32.1 Å². The number of sulfone groups is 1. The van der Waals surface area contributed by atoms with E-state index in [2.05, 4.69) is 10.3 Å². The van der Waals surface area contributed by atoms with Gasteiger partial charge in [-0.05, 0) is 48.6 Å². The van der Waals surface area contributed by atoms with E-state index < -0.39 is 45.2 Å². The van der Waals surface area contributed by atoms with Gasteiger partial charge in [-0.15, -0.1) is 0 Å². The van der Waals surface area contributed by atoms with Gasteiger partial charge < -0.3 is 5.32 Å². The first kappa shape index (κ1) is 27.3. The molecule has 0 radical (unpaired) electrons. The molecular formula is C26H27F3N2O4S. The molecule has 1 amide bonds. The van der Waals surface area contributed by atoms with Crippen LogP contribution in [0.5, 0.6) is 0 Å². The van der Waals surface area contributed by atoms with Crippen molar-refractivity contribution in [3.63, 3.8) is 0 Å². The minimum absolute atomic E-state index is 0.0990. The molecule has 6 nitrogen and oxygen atoms in total. The van der Waals surface area contributed by atoms with Gasteiger partial charge in [0.2, 0.25) is 0 Å². The Kier molecular flexibility index (Phi) is 7.59. The number of halogens is 3. The van der Waals surface area contributed by atoms with Crippen LogP contribution in [0.15, 0.2) is 64.1 Å². The second-order valence-electron chi connectivity index (χ2n) is 9.23. The van der Waals surface area contributed by atoms with E-state index in [-0.39, 0.29) is 27.7 Å². The van der Waals surface area contributed by atoms with E-state index in [1.54, 1.807) is 19.1 Å². The number of carbonyl (C=O) groups excluding carboxylic acids is 2. The van der Waals surface area contributed by atoms with Gasteiger partial charge in [0.1, 0.15) is 5.57 Å². The predicted molar refractivity (Wildman–Crippen MR) is 130 cm³/mol. The Balaban J connectivity index is 1.91. The summed E-state index contributed by atoms with van der Waals surface area (Å²) in [6.45, 7) is 6.89. The molecule has 0 saturated carbocycles. The fraction of sp³-hybridized carbons (Fsp3) is 0.346. The number of amides is 1. The zero-order valence-electron chi connectivity index (χ0n) is 20.5. The van der Waals surface area contributed by atoms with Gasteiger partial charge >= 0.3 is 6.18 Å². The van der Waals surface area contributed by atoms with Crippen LogP contribution in [0.1, 0.15) is 55.0 Å². The van der Waals surface area contributed by atoms with Crippen LogP contribution in [0.2, 0.25) is 0 Å². The van der Waals surface area contributed by atoms with Crippen LogP contribution in [0.3, 0.4) is 0 Å². The third-order valence-electron chi connectivity index (χ3n) is 6.05. The molecule has 1 N–H and O–H groups in total. The van der Waals surface area contributed by atoms with Gasteiger partial charge in [0.25, 0.3) is 5.91 Å². The van der Waals surface area contributed by atoms with Crippen molar-refractivity contribution in [3.8, 4) is 0 Å². The van der Waals surface area contributed by atoms with E-state index in [0.29, 0.717) is 11.1 Å². The normalized spacial score (nSPS) is 17.5. The van der Waals surface area contributed by atoms with Gasteiger partial charge in [-0.1, -0.05) is 44.2 Å². The van der Waals surface area contributed by atoms with Crippen molar-refractivity contribution < 1.29 is 31.2 Å². The molecule has 0 saturated heterocycles. The zero-order chi connectivity index (χ0) is 27.0. The first-order valence-electron chi connectivity index (χ1n) is 11.2. The van der Waals surface area contributed by atoms with Gasteiger partial charge in [-0.3, -0.25) is 14.6 Å². The number of alkyl halides is 3. The summed E-state index contributed by atoms with van der Waals surface area (Å²) in [5.41, 5.74) is 0.395. The largest absolute Gasteiger partial charge is 0.416 e. The van der Waals surface area contributed by atoms with Crippen LogP contribution >= 0.6 is 0 Å². The highest BCUT2D eigenvalue weighted by atomic mass is 32.2. The van der Waals surface area contributed by atoms with E-state index in [0.717, 1.165) is 24.6 Å². The lowest BCUT2D eigenvalue weighted by atomic mass is 9.84. The monoisotopic (exact) mass is 520 g/mol. The highest BCUT2D eigenvalue weighted by Crippen LogP contribution is 2.34. The third-order valence-corrected chi connectivity index (χ3v) is 7.30. The van der Waals surface area contributed by atoms with Crippen LogP contribution in [0.4, 0.5) is 13.2 Å². The lowest BCUT2D eigenvalue weighted by Gasteiger charge is -2.26. The maximum Gasteiger partial charge on any atom is 0.416 e. The molecule has 1 aliphatic rings. The topological polar surface area (TPSA) is 92.7 Å². The summed E-state index contributed by atoms with van der Waals surface area (Å²) in [4.78, 5) is 30.8. The summed E-state index contributed by atoms with van der Waals surface area (Å²) in [5.74, 6) is -2.60. The quantitative estimate of drug-likeness (QED) is 0.546. The SMILES string of the molecule is CC1=NC=C(C(=O)NC(c2ccc(S(C)(=O)=O)c(C)c2)C(C)C)C(=O)C1c1cccc(C(F)(F)F)c1. The Morgan fingerprint density at radius 1 is 1.08 bits per heavy atom. The molecule has 2 atom stereocenters. The van der Waals surface area contributed by atoms with E-state index in [1.807, 2.05) is 13.8 Å². The minimum atomic E-state index is -4.58. The molecule has 0 aromatic heterocycles. The Labute approximate surface area is 208 Å². The Morgan fingerprint density at radius 2 is 1.75 bits per heavy atom. The van der Waals surface area contributed by atoms with Gasteiger partial charge in [0.05, 0.1) is 22.4 Å². The molecule has 192 valence electrons. The Morgan fingerprint density at radius 3 is 2.31 bits per heavy atom. The van der Waals surface area contributed by atoms with Crippen molar-refractivity contribution in [2.75, 3.05) is 6.26 Å². The lowest BCUT2D eigenvalue weighted by molar-refractivity contribution is -0.137. The number of aliphatic imine (C=N–C) groups is 1. The standard InChI is InChI=1S/C26H27F3N2O4S/c1-14(2)23(18-9-10-21(15(3)11-18)36(5,34)35)31-25(33)20-13-30-16(4)22(24(20)32)17-7-6-8-19(12-17)26(27,28)29/h6-14,22-23H,1-5H3,(H,31,33). The average molecular weight is 521 g/mol. The van der Waals surface area contributed by atoms with E-state index in [9.17, 15) is 31.2 Å². The molecule has 36 heavy (non-hydrogen) atoms. The first-order valence-corrected chi connectivity index (χ1v) is 13.1.